The number of fused-ring (bicyclic) bond motifs is 1. The summed E-state index contributed by atoms with van der Waals surface area (Å²) in [6.45, 7) is 5.86. The number of piperazine rings is 1. The van der Waals surface area contributed by atoms with Gasteiger partial charge < -0.3 is 10.2 Å². The van der Waals surface area contributed by atoms with Crippen molar-refractivity contribution in [1.29, 1.82) is 0 Å². The molecule has 0 radical (unpaired) electrons. The third-order valence-corrected chi connectivity index (χ3v) is 5.13. The van der Waals surface area contributed by atoms with Gasteiger partial charge in [0, 0.05) is 26.2 Å². The van der Waals surface area contributed by atoms with Crippen LogP contribution in [0.25, 0.3) is 10.8 Å². The molecule has 3 aromatic rings. The molecule has 1 atom stereocenters. The third kappa shape index (κ3) is 3.93. The summed E-state index contributed by atoms with van der Waals surface area (Å²) in [5, 5.41) is 12.3. The Kier molecular flexibility index (Phi) is 5.02. The number of carbonyl (C=O) groups is 1. The summed E-state index contributed by atoms with van der Waals surface area (Å²) < 4.78 is 0. The molecule has 2 amide bonds. The normalized spacial score (nSPS) is 16.4. The molecule has 1 aliphatic heterocycles. The molecule has 0 unspecified atom stereocenters. The lowest BCUT2D eigenvalue weighted by Gasteiger charge is -2.34. The molecule has 1 aromatic heterocycles. The molecule has 2 aromatic carbocycles. The summed E-state index contributed by atoms with van der Waals surface area (Å²) in [6.07, 6.45) is 1.52. The van der Waals surface area contributed by atoms with E-state index in [9.17, 15) is 4.79 Å². The lowest BCUT2D eigenvalue weighted by atomic mass is 10.00. The highest BCUT2D eigenvalue weighted by molar-refractivity contribution is 5.86. The smallest absolute Gasteiger partial charge is 0.317 e. The summed E-state index contributed by atoms with van der Waals surface area (Å²) in [4.78, 5) is 21.0. The van der Waals surface area contributed by atoms with Gasteiger partial charge in [-0.3, -0.25) is 10.00 Å². The Morgan fingerprint density at radius 3 is 2.70 bits per heavy atom. The molecule has 0 spiro atoms. The Labute approximate surface area is 158 Å². The van der Waals surface area contributed by atoms with Crippen molar-refractivity contribution in [3.8, 4) is 0 Å². The van der Waals surface area contributed by atoms with Gasteiger partial charge in [-0.2, -0.15) is 5.10 Å². The van der Waals surface area contributed by atoms with Crippen LogP contribution in [0.1, 0.15) is 24.4 Å². The SMILES string of the molecule is C[C@@H](NC(=O)N1CCN(Cc2ncn[nH]2)CC1)c1cccc2ccccc12. The van der Waals surface area contributed by atoms with Crippen LogP contribution in [0.15, 0.2) is 48.8 Å². The lowest BCUT2D eigenvalue weighted by molar-refractivity contribution is 0.132. The van der Waals surface area contributed by atoms with E-state index in [0.717, 1.165) is 31.0 Å². The van der Waals surface area contributed by atoms with Crippen LogP contribution in [0.5, 0.6) is 0 Å². The summed E-state index contributed by atoms with van der Waals surface area (Å²) in [6, 6.07) is 14.5. The van der Waals surface area contributed by atoms with Crippen LogP contribution in [0, 0.1) is 0 Å². The highest BCUT2D eigenvalue weighted by Crippen LogP contribution is 2.24. The van der Waals surface area contributed by atoms with Crippen LogP contribution in [0.3, 0.4) is 0 Å². The zero-order valence-corrected chi connectivity index (χ0v) is 15.4. The van der Waals surface area contributed by atoms with Gasteiger partial charge in [0.25, 0.3) is 0 Å². The second-order valence-electron chi connectivity index (χ2n) is 6.93. The van der Waals surface area contributed by atoms with Crippen LogP contribution >= 0.6 is 0 Å². The molecule has 27 heavy (non-hydrogen) atoms. The van der Waals surface area contributed by atoms with Crippen LogP contribution in [0.2, 0.25) is 0 Å². The number of aromatic amines is 1. The maximum absolute atomic E-state index is 12.7. The van der Waals surface area contributed by atoms with Gasteiger partial charge in [0.15, 0.2) is 0 Å². The van der Waals surface area contributed by atoms with Gasteiger partial charge in [-0.15, -0.1) is 0 Å². The van der Waals surface area contributed by atoms with Gasteiger partial charge in [-0.05, 0) is 23.3 Å². The van der Waals surface area contributed by atoms with Crippen molar-refractivity contribution in [3.05, 3.63) is 60.2 Å². The van der Waals surface area contributed by atoms with E-state index in [-0.39, 0.29) is 12.1 Å². The summed E-state index contributed by atoms with van der Waals surface area (Å²) in [5.41, 5.74) is 1.14. The van der Waals surface area contributed by atoms with Crippen LogP contribution < -0.4 is 5.32 Å². The largest absolute Gasteiger partial charge is 0.331 e. The number of nitrogens with one attached hydrogen (secondary N) is 2. The number of carbonyl (C=O) groups excluding carboxylic acids is 1. The molecule has 0 bridgehead atoms. The predicted molar refractivity (Wildman–Crippen MR) is 104 cm³/mol. The molecule has 0 saturated carbocycles. The van der Waals surface area contributed by atoms with Crippen LogP contribution in [0.4, 0.5) is 4.79 Å². The highest BCUT2D eigenvalue weighted by atomic mass is 16.2. The fourth-order valence-electron chi connectivity index (χ4n) is 3.61. The zero-order valence-electron chi connectivity index (χ0n) is 15.4. The van der Waals surface area contributed by atoms with Gasteiger partial charge >= 0.3 is 6.03 Å². The maximum atomic E-state index is 12.7. The minimum atomic E-state index is -0.0455. The van der Waals surface area contributed by atoms with Crippen LogP contribution in [-0.4, -0.2) is 57.2 Å². The van der Waals surface area contributed by atoms with Gasteiger partial charge in [0.05, 0.1) is 12.6 Å². The number of benzene rings is 2. The van der Waals surface area contributed by atoms with Crippen LogP contribution in [-0.2, 0) is 6.54 Å². The average molecular weight is 364 g/mol. The lowest BCUT2D eigenvalue weighted by Crippen LogP contribution is -2.51. The molecule has 7 nitrogen and oxygen atoms in total. The Bertz CT molecular complexity index is 896. The van der Waals surface area contributed by atoms with E-state index in [0.29, 0.717) is 13.1 Å². The van der Waals surface area contributed by atoms with E-state index < -0.39 is 0 Å². The van der Waals surface area contributed by atoms with Crippen molar-refractivity contribution in [2.75, 3.05) is 26.2 Å². The summed E-state index contributed by atoms with van der Waals surface area (Å²) in [5.74, 6) is 0.859. The molecular weight excluding hydrogens is 340 g/mol. The molecule has 2 N–H and O–H groups in total. The Morgan fingerprint density at radius 1 is 1.15 bits per heavy atom. The Balaban J connectivity index is 1.35. The molecule has 140 valence electrons. The van der Waals surface area contributed by atoms with Crippen molar-refractivity contribution in [2.45, 2.75) is 19.5 Å². The zero-order chi connectivity index (χ0) is 18.6. The molecule has 0 aliphatic carbocycles. The van der Waals surface area contributed by atoms with Crippen molar-refractivity contribution in [3.63, 3.8) is 0 Å². The van der Waals surface area contributed by atoms with E-state index in [1.54, 1.807) is 0 Å². The van der Waals surface area contributed by atoms with E-state index in [4.69, 9.17) is 0 Å². The molecular formula is C20H24N6O. The Hall–Kier alpha value is -2.93. The number of urea groups is 1. The fourth-order valence-corrected chi connectivity index (χ4v) is 3.61. The average Bonchev–Trinajstić information content (AvgIpc) is 3.21. The first-order valence-electron chi connectivity index (χ1n) is 9.30. The van der Waals surface area contributed by atoms with Crippen molar-refractivity contribution >= 4 is 16.8 Å². The highest BCUT2D eigenvalue weighted by Gasteiger charge is 2.23. The number of hydrogen-bond donors (Lipinski definition) is 2. The molecule has 4 rings (SSSR count). The summed E-state index contributed by atoms with van der Waals surface area (Å²) in [7, 11) is 0. The van der Waals surface area contributed by atoms with E-state index in [2.05, 4.69) is 49.7 Å². The first kappa shape index (κ1) is 17.5. The van der Waals surface area contributed by atoms with Crippen molar-refractivity contribution in [1.82, 2.24) is 30.3 Å². The minimum absolute atomic E-state index is 0.00486. The van der Waals surface area contributed by atoms with Crippen molar-refractivity contribution < 1.29 is 4.79 Å². The summed E-state index contributed by atoms with van der Waals surface area (Å²) >= 11 is 0. The molecule has 1 saturated heterocycles. The second-order valence-corrected chi connectivity index (χ2v) is 6.93. The molecule has 1 fully saturated rings. The number of aromatic nitrogens is 3. The Morgan fingerprint density at radius 2 is 1.93 bits per heavy atom. The molecule has 1 aliphatic rings. The number of H-pyrrole nitrogens is 1. The second kappa shape index (κ2) is 7.75. The minimum Gasteiger partial charge on any atom is -0.331 e. The van der Waals surface area contributed by atoms with E-state index in [1.807, 2.05) is 30.0 Å². The first-order chi connectivity index (χ1) is 13.2. The maximum Gasteiger partial charge on any atom is 0.317 e. The molecule has 2 heterocycles. The molecule has 7 heteroatoms. The van der Waals surface area contributed by atoms with Gasteiger partial charge in [0.1, 0.15) is 12.2 Å². The van der Waals surface area contributed by atoms with Crippen molar-refractivity contribution in [2.24, 2.45) is 0 Å². The van der Waals surface area contributed by atoms with Gasteiger partial charge in [0.2, 0.25) is 0 Å². The number of nitrogens with zero attached hydrogens (tertiary/aromatic N) is 4. The quantitative estimate of drug-likeness (QED) is 0.746. The first-order valence-corrected chi connectivity index (χ1v) is 9.30. The van der Waals surface area contributed by atoms with E-state index in [1.165, 1.54) is 17.1 Å². The van der Waals surface area contributed by atoms with Gasteiger partial charge in [-0.25, -0.2) is 9.78 Å². The van der Waals surface area contributed by atoms with Gasteiger partial charge in [-0.1, -0.05) is 42.5 Å². The third-order valence-electron chi connectivity index (χ3n) is 5.13. The number of amides is 2. The monoisotopic (exact) mass is 364 g/mol. The standard InChI is InChI=1S/C20H24N6O/c1-15(17-8-4-6-16-5-2-3-7-18(16)17)23-20(27)26-11-9-25(10-12-26)13-19-21-14-22-24-19/h2-8,14-15H,9-13H2,1H3,(H,23,27)(H,21,22,24)/t15-/m1/s1. The number of rotatable bonds is 4. The topological polar surface area (TPSA) is 77.2 Å². The predicted octanol–water partition coefficient (Wildman–Crippen LogP) is 2.55. The number of hydrogen-bond acceptors (Lipinski definition) is 4. The van der Waals surface area contributed by atoms with E-state index >= 15 is 0 Å². The fraction of sp³-hybridized carbons (Fsp3) is 0.350.